The van der Waals surface area contributed by atoms with E-state index in [1.165, 1.54) is 24.3 Å². The van der Waals surface area contributed by atoms with Gasteiger partial charge in [-0.25, -0.2) is 9.18 Å². The monoisotopic (exact) mass is 437 g/mol. The topological polar surface area (TPSA) is 79.5 Å². The molecule has 0 saturated carbocycles. The molecule has 3 amide bonds. The largest absolute Gasteiger partial charge is 0.491 e. The molecular formula is C20H18Cl2FN3O3. The highest BCUT2D eigenvalue weighted by molar-refractivity contribution is 6.37. The lowest BCUT2D eigenvalue weighted by Gasteiger charge is -2.29. The molecular weight excluding hydrogens is 420 g/mol. The van der Waals surface area contributed by atoms with Gasteiger partial charge in [-0.15, -0.1) is 0 Å². The number of hydrogen-bond donors (Lipinski definition) is 3. The van der Waals surface area contributed by atoms with Gasteiger partial charge in [-0.05, 0) is 55.8 Å². The van der Waals surface area contributed by atoms with Gasteiger partial charge in [-0.1, -0.05) is 23.2 Å². The summed E-state index contributed by atoms with van der Waals surface area (Å²) in [4.78, 5) is 25.0. The molecule has 1 heterocycles. The van der Waals surface area contributed by atoms with Crippen LogP contribution in [0.5, 0.6) is 5.75 Å². The maximum atomic E-state index is 13.1. The van der Waals surface area contributed by atoms with Crippen molar-refractivity contribution in [3.05, 3.63) is 69.1 Å². The fourth-order valence-corrected chi connectivity index (χ4v) is 3.62. The SMILES string of the molecule is CCOc1c(Cl)cc([C@H]2NC(=O)NC(C)=C2C(=O)Nc2ccc(F)cc2)cc1Cl. The molecule has 9 heteroatoms. The van der Waals surface area contributed by atoms with E-state index in [9.17, 15) is 14.0 Å². The van der Waals surface area contributed by atoms with Crippen molar-refractivity contribution in [2.24, 2.45) is 0 Å². The lowest BCUT2D eigenvalue weighted by Crippen LogP contribution is -2.46. The van der Waals surface area contributed by atoms with Gasteiger partial charge < -0.3 is 20.7 Å². The molecule has 0 unspecified atom stereocenters. The van der Waals surface area contributed by atoms with Crippen molar-refractivity contribution in [3.8, 4) is 5.75 Å². The highest BCUT2D eigenvalue weighted by atomic mass is 35.5. The molecule has 6 nitrogen and oxygen atoms in total. The van der Waals surface area contributed by atoms with Gasteiger partial charge in [-0.3, -0.25) is 4.79 Å². The van der Waals surface area contributed by atoms with Gasteiger partial charge in [0.15, 0.2) is 5.75 Å². The first-order valence-electron chi connectivity index (χ1n) is 8.77. The van der Waals surface area contributed by atoms with Crippen LogP contribution in [0, 0.1) is 5.82 Å². The second-order valence-corrected chi connectivity index (χ2v) is 7.09. The van der Waals surface area contributed by atoms with E-state index < -0.39 is 23.8 Å². The zero-order valence-electron chi connectivity index (χ0n) is 15.6. The second-order valence-electron chi connectivity index (χ2n) is 6.28. The average Bonchev–Trinajstić information content (AvgIpc) is 2.65. The van der Waals surface area contributed by atoms with Gasteiger partial charge >= 0.3 is 6.03 Å². The average molecular weight is 438 g/mol. The third-order valence-corrected chi connectivity index (χ3v) is 4.82. The number of rotatable bonds is 5. The maximum Gasteiger partial charge on any atom is 0.319 e. The fraction of sp³-hybridized carbons (Fsp3) is 0.200. The van der Waals surface area contributed by atoms with Crippen LogP contribution in [0.2, 0.25) is 10.0 Å². The van der Waals surface area contributed by atoms with E-state index >= 15 is 0 Å². The third kappa shape index (κ3) is 4.63. The van der Waals surface area contributed by atoms with Crippen molar-refractivity contribution in [1.82, 2.24) is 10.6 Å². The van der Waals surface area contributed by atoms with Crippen LogP contribution in [0.3, 0.4) is 0 Å². The van der Waals surface area contributed by atoms with Crippen LogP contribution in [-0.4, -0.2) is 18.5 Å². The first-order valence-corrected chi connectivity index (χ1v) is 9.52. The van der Waals surface area contributed by atoms with E-state index in [0.717, 1.165) is 0 Å². The molecule has 2 aromatic rings. The molecule has 0 bridgehead atoms. The predicted molar refractivity (Wildman–Crippen MR) is 110 cm³/mol. The smallest absolute Gasteiger partial charge is 0.319 e. The predicted octanol–water partition coefficient (Wildman–Crippen LogP) is 4.80. The molecule has 29 heavy (non-hydrogen) atoms. The molecule has 1 aliphatic heterocycles. The Balaban J connectivity index is 1.98. The Morgan fingerprint density at radius 1 is 1.21 bits per heavy atom. The Labute approximate surface area is 177 Å². The maximum absolute atomic E-state index is 13.1. The van der Waals surface area contributed by atoms with Crippen LogP contribution in [0.15, 0.2) is 47.7 Å². The summed E-state index contributed by atoms with van der Waals surface area (Å²) in [7, 11) is 0. The minimum atomic E-state index is -0.796. The molecule has 0 fully saturated rings. The third-order valence-electron chi connectivity index (χ3n) is 4.26. The number of anilines is 1. The summed E-state index contributed by atoms with van der Waals surface area (Å²) in [5, 5.41) is 8.52. The normalized spacial score (nSPS) is 16.2. The Kier molecular flexibility index (Phi) is 6.30. The number of halogens is 3. The Morgan fingerprint density at radius 3 is 2.41 bits per heavy atom. The van der Waals surface area contributed by atoms with Crippen LogP contribution in [0.1, 0.15) is 25.5 Å². The van der Waals surface area contributed by atoms with E-state index in [1.807, 2.05) is 0 Å². The van der Waals surface area contributed by atoms with Crippen LogP contribution >= 0.6 is 23.2 Å². The number of hydrogen-bond acceptors (Lipinski definition) is 3. The fourth-order valence-electron chi connectivity index (χ4n) is 3.00. The molecule has 152 valence electrons. The van der Waals surface area contributed by atoms with Crippen molar-refractivity contribution < 1.29 is 18.7 Å². The zero-order chi connectivity index (χ0) is 21.1. The molecule has 0 aliphatic carbocycles. The van der Waals surface area contributed by atoms with Crippen molar-refractivity contribution in [1.29, 1.82) is 0 Å². The number of carbonyl (C=O) groups is 2. The van der Waals surface area contributed by atoms with Gasteiger partial charge in [0, 0.05) is 11.4 Å². The molecule has 3 rings (SSSR count). The zero-order valence-corrected chi connectivity index (χ0v) is 17.1. The number of benzene rings is 2. The molecule has 0 spiro atoms. The second kappa shape index (κ2) is 8.71. The Morgan fingerprint density at radius 2 is 1.83 bits per heavy atom. The molecule has 3 N–H and O–H groups in total. The number of amides is 3. The first-order chi connectivity index (χ1) is 13.8. The van der Waals surface area contributed by atoms with Crippen LogP contribution in [0.4, 0.5) is 14.9 Å². The standard InChI is InChI=1S/C20H18Cl2FN3O3/c1-3-29-18-14(21)8-11(9-15(18)22)17-16(10(2)24-20(28)26-17)19(27)25-13-6-4-12(23)5-7-13/h4-9,17H,3H2,1-2H3,(H,25,27)(H2,24,26,28)/t17-/m1/s1. The van der Waals surface area contributed by atoms with E-state index in [-0.39, 0.29) is 15.6 Å². The van der Waals surface area contributed by atoms with Crippen molar-refractivity contribution in [2.45, 2.75) is 19.9 Å². The molecule has 0 saturated heterocycles. The van der Waals surface area contributed by atoms with E-state index in [4.69, 9.17) is 27.9 Å². The van der Waals surface area contributed by atoms with Gasteiger partial charge in [0.05, 0.1) is 28.3 Å². The summed E-state index contributed by atoms with van der Waals surface area (Å²) in [5.41, 5.74) is 1.57. The van der Waals surface area contributed by atoms with E-state index in [0.29, 0.717) is 29.3 Å². The van der Waals surface area contributed by atoms with Gasteiger partial charge in [0.2, 0.25) is 0 Å². The summed E-state index contributed by atoms with van der Waals surface area (Å²) in [6, 6.07) is 7.28. The summed E-state index contributed by atoms with van der Waals surface area (Å²) in [6.45, 7) is 3.80. The summed E-state index contributed by atoms with van der Waals surface area (Å²) in [6.07, 6.45) is 0. The van der Waals surface area contributed by atoms with Gasteiger partial charge in [-0.2, -0.15) is 0 Å². The number of ether oxygens (including phenoxy) is 1. The molecule has 0 radical (unpaired) electrons. The first kappa shape index (κ1) is 21.0. The summed E-state index contributed by atoms with van der Waals surface area (Å²) >= 11 is 12.6. The van der Waals surface area contributed by atoms with Crippen LogP contribution in [-0.2, 0) is 4.79 Å². The van der Waals surface area contributed by atoms with Gasteiger partial charge in [0.1, 0.15) is 5.82 Å². The van der Waals surface area contributed by atoms with E-state index in [1.54, 1.807) is 26.0 Å². The van der Waals surface area contributed by atoms with Crippen molar-refractivity contribution >= 4 is 40.8 Å². The van der Waals surface area contributed by atoms with Gasteiger partial charge in [0.25, 0.3) is 5.91 Å². The van der Waals surface area contributed by atoms with E-state index in [2.05, 4.69) is 16.0 Å². The summed E-state index contributed by atoms with van der Waals surface area (Å²) < 4.78 is 18.5. The number of urea groups is 1. The molecule has 1 atom stereocenters. The highest BCUT2D eigenvalue weighted by Crippen LogP contribution is 2.38. The molecule has 0 aromatic heterocycles. The van der Waals surface area contributed by atoms with Crippen LogP contribution < -0.4 is 20.7 Å². The van der Waals surface area contributed by atoms with Crippen molar-refractivity contribution in [2.75, 3.05) is 11.9 Å². The Bertz CT molecular complexity index is 970. The minimum absolute atomic E-state index is 0.262. The summed E-state index contributed by atoms with van der Waals surface area (Å²) in [5.74, 6) is -0.549. The Hall–Kier alpha value is -2.77. The quantitative estimate of drug-likeness (QED) is 0.628. The lowest BCUT2D eigenvalue weighted by atomic mass is 9.94. The molecule has 1 aliphatic rings. The molecule has 2 aromatic carbocycles. The lowest BCUT2D eigenvalue weighted by molar-refractivity contribution is -0.113. The minimum Gasteiger partial charge on any atom is -0.491 e. The van der Waals surface area contributed by atoms with Crippen molar-refractivity contribution in [3.63, 3.8) is 0 Å². The number of carbonyl (C=O) groups excluding carboxylic acids is 2. The number of nitrogens with one attached hydrogen (secondary N) is 3. The highest BCUT2D eigenvalue weighted by Gasteiger charge is 2.32. The number of allylic oxidation sites excluding steroid dienone is 1. The van der Waals surface area contributed by atoms with Crippen LogP contribution in [0.25, 0.3) is 0 Å².